The monoisotopic (exact) mass is 302 g/mol. The molecule has 0 fully saturated rings. The summed E-state index contributed by atoms with van der Waals surface area (Å²) in [5.41, 5.74) is 5.14. The highest BCUT2D eigenvalue weighted by atomic mass is 127. The van der Waals surface area contributed by atoms with Gasteiger partial charge in [0.2, 0.25) is 0 Å². The van der Waals surface area contributed by atoms with Crippen molar-refractivity contribution in [3.63, 3.8) is 0 Å². The number of carbonyl (C=O) groups excluding carboxylic acids is 1. The second kappa shape index (κ2) is 3.86. The van der Waals surface area contributed by atoms with Gasteiger partial charge in [0, 0.05) is 6.54 Å². The Hall–Kier alpha value is -0.620. The molecule has 1 atom stereocenters. The first-order chi connectivity index (χ1) is 6.75. The second-order valence-electron chi connectivity index (χ2n) is 3.11. The van der Waals surface area contributed by atoms with Gasteiger partial charge in [-0.2, -0.15) is 0 Å². The third-order valence-electron chi connectivity index (χ3n) is 2.20. The number of halogens is 1. The van der Waals surface area contributed by atoms with Crippen LogP contribution in [0, 0.1) is 0 Å². The van der Waals surface area contributed by atoms with Crippen LogP contribution in [0.2, 0.25) is 0 Å². The molecule has 3 nitrogen and oxygen atoms in total. The summed E-state index contributed by atoms with van der Waals surface area (Å²) in [5.74, 6) is 0.119. The molecule has 0 radical (unpaired) electrons. The molecule has 1 amide bonds. The highest BCUT2D eigenvalue weighted by Crippen LogP contribution is 2.39. The molecule has 14 heavy (non-hydrogen) atoms. The van der Waals surface area contributed by atoms with E-state index in [-0.39, 0.29) is 9.83 Å². The summed E-state index contributed by atoms with van der Waals surface area (Å²) in [7, 11) is 0. The number of carbonyl (C=O) groups is 1. The van der Waals surface area contributed by atoms with Gasteiger partial charge >= 0.3 is 0 Å². The van der Waals surface area contributed by atoms with Gasteiger partial charge in [-0.1, -0.05) is 47.7 Å². The Labute approximate surface area is 96.6 Å². The summed E-state index contributed by atoms with van der Waals surface area (Å²) in [6.45, 7) is 2.74. The maximum absolute atomic E-state index is 11.8. The van der Waals surface area contributed by atoms with Crippen molar-refractivity contribution < 1.29 is 4.79 Å². The minimum Gasteiger partial charge on any atom is -0.271 e. The number of para-hydroxylation sites is 1. The first kappa shape index (κ1) is 9.92. The Kier molecular flexibility index (Phi) is 2.73. The molecule has 1 N–H and O–H groups in total. The third kappa shape index (κ3) is 1.42. The Balaban J connectivity index is 2.42. The van der Waals surface area contributed by atoms with Gasteiger partial charge in [0.05, 0.1) is 5.69 Å². The number of fused-ring (bicyclic) bond motifs is 1. The number of nitrogens with zero attached hydrogens (tertiary/aromatic N) is 1. The summed E-state index contributed by atoms with van der Waals surface area (Å²) >= 11 is 2.17. The lowest BCUT2D eigenvalue weighted by molar-refractivity contribution is -0.117. The molecule has 0 saturated carbocycles. The minimum atomic E-state index is -0.0529. The van der Waals surface area contributed by atoms with Crippen molar-refractivity contribution in [1.82, 2.24) is 5.43 Å². The predicted molar refractivity (Wildman–Crippen MR) is 64.4 cm³/mol. The number of nitrogens with one attached hydrogen (secondary N) is 1. The summed E-state index contributed by atoms with van der Waals surface area (Å²) in [5, 5.41) is 1.65. The summed E-state index contributed by atoms with van der Waals surface area (Å²) in [6, 6.07) is 7.88. The van der Waals surface area contributed by atoms with Crippen LogP contribution >= 0.6 is 22.6 Å². The first-order valence-electron chi connectivity index (χ1n) is 4.56. The fourth-order valence-corrected chi connectivity index (χ4v) is 2.40. The van der Waals surface area contributed by atoms with E-state index >= 15 is 0 Å². The molecule has 1 aromatic carbocycles. The topological polar surface area (TPSA) is 32.3 Å². The van der Waals surface area contributed by atoms with Crippen LogP contribution in [-0.2, 0) is 4.79 Å². The standard InChI is InChI=1S/C10H11IN2O/c1-2-12-13-8-6-4-3-5-7(8)9(11)10(13)14/h3-6,9,12H,2H2,1H3. The van der Waals surface area contributed by atoms with E-state index in [9.17, 15) is 4.79 Å². The van der Waals surface area contributed by atoms with Crippen LogP contribution in [-0.4, -0.2) is 12.5 Å². The van der Waals surface area contributed by atoms with Gasteiger partial charge in [-0.15, -0.1) is 0 Å². The molecule has 2 rings (SSSR count). The zero-order valence-electron chi connectivity index (χ0n) is 7.83. The molecule has 0 bridgehead atoms. The number of rotatable bonds is 2. The number of anilines is 1. The second-order valence-corrected chi connectivity index (χ2v) is 4.35. The van der Waals surface area contributed by atoms with Crippen molar-refractivity contribution in [1.29, 1.82) is 0 Å². The Morgan fingerprint density at radius 1 is 1.50 bits per heavy atom. The molecule has 0 saturated heterocycles. The van der Waals surface area contributed by atoms with Crippen LogP contribution in [0.4, 0.5) is 5.69 Å². The van der Waals surface area contributed by atoms with Gasteiger partial charge in [0.1, 0.15) is 3.92 Å². The number of hydrogen-bond donors (Lipinski definition) is 1. The molecule has 1 aliphatic rings. The molecule has 1 aromatic rings. The number of alkyl halides is 1. The molecule has 1 aliphatic heterocycles. The zero-order chi connectivity index (χ0) is 10.1. The highest BCUT2D eigenvalue weighted by Gasteiger charge is 2.34. The largest absolute Gasteiger partial charge is 0.271 e. The zero-order valence-corrected chi connectivity index (χ0v) is 9.98. The van der Waals surface area contributed by atoms with Crippen LogP contribution in [0.1, 0.15) is 16.4 Å². The van der Waals surface area contributed by atoms with Crippen LogP contribution in [0.5, 0.6) is 0 Å². The highest BCUT2D eigenvalue weighted by molar-refractivity contribution is 14.1. The lowest BCUT2D eigenvalue weighted by Crippen LogP contribution is -2.40. The lowest BCUT2D eigenvalue weighted by atomic mass is 10.2. The van der Waals surface area contributed by atoms with Gasteiger partial charge in [0.15, 0.2) is 0 Å². The first-order valence-corrected chi connectivity index (χ1v) is 5.80. The van der Waals surface area contributed by atoms with Gasteiger partial charge in [-0.25, -0.2) is 10.4 Å². The number of hydrazine groups is 1. The molecule has 74 valence electrons. The normalized spacial score (nSPS) is 20.0. The molecule has 0 aromatic heterocycles. The third-order valence-corrected chi connectivity index (χ3v) is 3.41. The number of benzene rings is 1. The summed E-state index contributed by atoms with van der Waals surface area (Å²) < 4.78 is -0.0529. The number of hydrogen-bond acceptors (Lipinski definition) is 2. The van der Waals surface area contributed by atoms with Gasteiger partial charge < -0.3 is 0 Å². The van der Waals surface area contributed by atoms with Crippen LogP contribution in [0.3, 0.4) is 0 Å². The van der Waals surface area contributed by atoms with Crippen molar-refractivity contribution in [2.24, 2.45) is 0 Å². The summed E-state index contributed by atoms with van der Waals surface area (Å²) in [6.07, 6.45) is 0. The lowest BCUT2D eigenvalue weighted by Gasteiger charge is -2.17. The van der Waals surface area contributed by atoms with Crippen LogP contribution in [0.25, 0.3) is 0 Å². The molecule has 4 heteroatoms. The average Bonchev–Trinajstić information content (AvgIpc) is 2.45. The van der Waals surface area contributed by atoms with E-state index in [0.29, 0.717) is 0 Å². The summed E-state index contributed by atoms with van der Waals surface area (Å²) in [4.78, 5) is 11.8. The Morgan fingerprint density at radius 3 is 2.93 bits per heavy atom. The van der Waals surface area contributed by atoms with Crippen molar-refractivity contribution >= 4 is 34.2 Å². The van der Waals surface area contributed by atoms with E-state index in [2.05, 4.69) is 28.0 Å². The quantitative estimate of drug-likeness (QED) is 0.670. The minimum absolute atomic E-state index is 0.0529. The van der Waals surface area contributed by atoms with Crippen molar-refractivity contribution in [3.05, 3.63) is 29.8 Å². The fourth-order valence-electron chi connectivity index (χ4n) is 1.59. The van der Waals surface area contributed by atoms with E-state index in [1.165, 1.54) is 0 Å². The van der Waals surface area contributed by atoms with Crippen molar-refractivity contribution in [2.75, 3.05) is 11.6 Å². The van der Waals surface area contributed by atoms with Crippen molar-refractivity contribution in [2.45, 2.75) is 10.8 Å². The smallest absolute Gasteiger partial charge is 0.258 e. The maximum Gasteiger partial charge on any atom is 0.258 e. The molecule has 1 unspecified atom stereocenters. The Morgan fingerprint density at radius 2 is 2.21 bits per heavy atom. The molecular formula is C10H11IN2O. The number of amides is 1. The van der Waals surface area contributed by atoms with Gasteiger partial charge in [-0.05, 0) is 11.6 Å². The van der Waals surface area contributed by atoms with Crippen LogP contribution < -0.4 is 10.4 Å². The predicted octanol–water partition coefficient (Wildman–Crippen LogP) is 2.03. The maximum atomic E-state index is 11.8. The fraction of sp³-hybridized carbons (Fsp3) is 0.300. The average molecular weight is 302 g/mol. The van der Waals surface area contributed by atoms with Gasteiger partial charge in [0.25, 0.3) is 5.91 Å². The van der Waals surface area contributed by atoms with E-state index in [4.69, 9.17) is 0 Å². The van der Waals surface area contributed by atoms with E-state index in [0.717, 1.165) is 17.8 Å². The van der Waals surface area contributed by atoms with E-state index < -0.39 is 0 Å². The van der Waals surface area contributed by atoms with Gasteiger partial charge in [-0.3, -0.25) is 4.79 Å². The van der Waals surface area contributed by atoms with Crippen molar-refractivity contribution in [3.8, 4) is 0 Å². The molecular weight excluding hydrogens is 291 g/mol. The molecule has 1 heterocycles. The molecule has 0 spiro atoms. The van der Waals surface area contributed by atoms with E-state index in [1.54, 1.807) is 5.01 Å². The molecule has 0 aliphatic carbocycles. The van der Waals surface area contributed by atoms with E-state index in [1.807, 2.05) is 31.2 Å². The van der Waals surface area contributed by atoms with Crippen LogP contribution in [0.15, 0.2) is 24.3 Å². The SMILES string of the molecule is CCNN1C(=O)C(I)c2ccccc21. The Bertz CT molecular complexity index is 367.